The molecule has 3 N–H and O–H groups in total. The Morgan fingerprint density at radius 2 is 1.08 bits per heavy atom. The first kappa shape index (κ1) is 41.4. The molecule has 63 heavy (non-hydrogen) atoms. The minimum absolute atomic E-state index is 0.150. The number of nitrogens with two attached hydrogens (primary N) is 1. The standard InChI is InChI=1S/C22H17N7O2.C16H10BrN5.C6H8N2O2/c1-13-19(31-14(2)25-13)21(30)26-18-8-16(9-23-11-18)20-27-22-24-10-17(12-29(22)28-20)15-6-4-3-5-7-15;17-14-6-12(7-18-9-14)15-20-16-19-8-13(10-22(16)21-15)11-4-2-1-3-5-11;1-3-5(6(7)9)10-4(2)8-3/h3-12H,1-2H3,(H,26,30);1-10H;1-2H3,(H2,7,9). The molecule has 18 nitrogen and oxygen atoms in total. The predicted molar refractivity (Wildman–Crippen MR) is 235 cm³/mol. The number of anilines is 1. The fraction of sp³-hybridized carbons (Fsp3) is 0.0909. The Morgan fingerprint density at radius 3 is 1.54 bits per heavy atom. The highest BCUT2D eigenvalue weighted by Crippen LogP contribution is 2.24. The average Bonchev–Trinajstić information content (AvgIpc) is 4.08. The number of nitrogens with zero attached hydrogens (tertiary/aromatic N) is 12. The van der Waals surface area contributed by atoms with Crippen LogP contribution in [-0.4, -0.2) is 70.9 Å². The molecule has 0 saturated heterocycles. The Balaban J connectivity index is 0.000000147. The van der Waals surface area contributed by atoms with Crippen LogP contribution in [0.2, 0.25) is 0 Å². The first-order valence-electron chi connectivity index (χ1n) is 19.1. The van der Waals surface area contributed by atoms with Gasteiger partial charge in [0.2, 0.25) is 11.5 Å². The fourth-order valence-electron chi connectivity index (χ4n) is 6.22. The summed E-state index contributed by atoms with van der Waals surface area (Å²) in [5.74, 6) is 2.35. The van der Waals surface area contributed by atoms with Crippen LogP contribution in [0.15, 0.2) is 136 Å². The van der Waals surface area contributed by atoms with Gasteiger partial charge in [-0.25, -0.2) is 29.0 Å². The van der Waals surface area contributed by atoms with E-state index in [4.69, 9.17) is 14.6 Å². The molecule has 0 atom stereocenters. The SMILES string of the molecule is Brc1cncc(-c2nc3ncc(-c4ccccc4)cn3n2)c1.Cc1nc(C)c(C(=O)Nc2cncc(-c3nc4ncc(-c5ccccc5)cn4n3)c2)o1.Cc1nc(C)c(C(N)=O)o1. The number of fused-ring (bicyclic) bond motifs is 2. The molecule has 2 amide bonds. The van der Waals surface area contributed by atoms with Crippen LogP contribution in [-0.2, 0) is 0 Å². The zero-order chi connectivity index (χ0) is 44.0. The first-order chi connectivity index (χ1) is 30.5. The maximum atomic E-state index is 12.5. The number of carbonyl (C=O) groups is 2. The van der Waals surface area contributed by atoms with Crippen molar-refractivity contribution in [2.45, 2.75) is 27.7 Å². The highest BCUT2D eigenvalue weighted by molar-refractivity contribution is 9.10. The molecule has 0 fully saturated rings. The van der Waals surface area contributed by atoms with Gasteiger partial charge in [0.15, 0.2) is 23.4 Å². The summed E-state index contributed by atoms with van der Waals surface area (Å²) in [6.45, 7) is 6.76. The van der Waals surface area contributed by atoms with E-state index in [2.05, 4.69) is 71.3 Å². The smallest absolute Gasteiger partial charge is 0.293 e. The van der Waals surface area contributed by atoms with Gasteiger partial charge in [-0.15, -0.1) is 10.2 Å². The van der Waals surface area contributed by atoms with Crippen molar-refractivity contribution in [2.24, 2.45) is 5.73 Å². The Kier molecular flexibility index (Phi) is 11.9. The lowest BCUT2D eigenvalue weighted by Gasteiger charge is -2.04. The maximum Gasteiger partial charge on any atom is 0.293 e. The van der Waals surface area contributed by atoms with Crippen LogP contribution in [0.5, 0.6) is 0 Å². The number of amides is 2. The van der Waals surface area contributed by atoms with Gasteiger partial charge in [-0.05, 0) is 53.0 Å². The van der Waals surface area contributed by atoms with Gasteiger partial charge in [-0.3, -0.25) is 19.6 Å². The second kappa shape index (κ2) is 18.1. The van der Waals surface area contributed by atoms with Crippen LogP contribution in [0.3, 0.4) is 0 Å². The molecule has 0 aliphatic rings. The summed E-state index contributed by atoms with van der Waals surface area (Å²) in [6.07, 6.45) is 14.0. The zero-order valence-electron chi connectivity index (χ0n) is 34.0. The molecule has 2 aromatic carbocycles. The molecule has 0 aliphatic carbocycles. The molecule has 8 heterocycles. The number of pyridine rings is 2. The third-order valence-corrected chi connectivity index (χ3v) is 9.49. The molecule has 19 heteroatoms. The van der Waals surface area contributed by atoms with E-state index in [1.807, 2.05) is 85.3 Å². The number of nitrogens with one attached hydrogen (secondary N) is 1. The molecule has 10 aromatic rings. The molecular formula is C44H35BrN14O4. The van der Waals surface area contributed by atoms with Crippen LogP contribution in [0.1, 0.15) is 44.3 Å². The Bertz CT molecular complexity index is 3240. The topological polar surface area (TPSA) is 236 Å². The highest BCUT2D eigenvalue weighted by atomic mass is 79.9. The van der Waals surface area contributed by atoms with Crippen LogP contribution in [0.25, 0.3) is 56.6 Å². The molecule has 0 aliphatic heterocycles. The molecule has 0 spiro atoms. The minimum atomic E-state index is -0.571. The van der Waals surface area contributed by atoms with Crippen molar-refractivity contribution in [3.05, 3.63) is 162 Å². The van der Waals surface area contributed by atoms with Crippen molar-refractivity contribution in [1.82, 2.24) is 59.1 Å². The summed E-state index contributed by atoms with van der Waals surface area (Å²) >= 11 is 3.40. The molecular weight excluding hydrogens is 868 g/mol. The third kappa shape index (κ3) is 9.68. The van der Waals surface area contributed by atoms with Crippen molar-refractivity contribution in [1.29, 1.82) is 0 Å². The monoisotopic (exact) mass is 902 g/mol. The van der Waals surface area contributed by atoms with E-state index in [0.717, 1.165) is 32.3 Å². The minimum Gasteiger partial charge on any atom is -0.436 e. The van der Waals surface area contributed by atoms with Crippen LogP contribution < -0.4 is 11.1 Å². The van der Waals surface area contributed by atoms with E-state index in [9.17, 15) is 9.59 Å². The van der Waals surface area contributed by atoms with Crippen LogP contribution >= 0.6 is 15.9 Å². The number of hydrogen-bond acceptors (Lipinski definition) is 14. The third-order valence-electron chi connectivity index (χ3n) is 9.06. The Hall–Kier alpha value is -8.32. The Morgan fingerprint density at radius 1 is 0.587 bits per heavy atom. The quantitative estimate of drug-likeness (QED) is 0.156. The van der Waals surface area contributed by atoms with Gasteiger partial charge in [0, 0.05) is 84.0 Å². The van der Waals surface area contributed by atoms with Crippen molar-refractivity contribution in [3.8, 4) is 45.0 Å². The second-order valence-electron chi connectivity index (χ2n) is 13.7. The number of primary amides is 1. The number of aryl methyl sites for hydroxylation is 4. The molecule has 10 rings (SSSR count). The van der Waals surface area contributed by atoms with Crippen molar-refractivity contribution in [2.75, 3.05) is 5.32 Å². The lowest BCUT2D eigenvalue weighted by Crippen LogP contribution is -2.12. The van der Waals surface area contributed by atoms with E-state index >= 15 is 0 Å². The molecule has 312 valence electrons. The summed E-state index contributed by atoms with van der Waals surface area (Å²) < 4.78 is 14.5. The van der Waals surface area contributed by atoms with Crippen LogP contribution in [0.4, 0.5) is 5.69 Å². The van der Waals surface area contributed by atoms with E-state index in [1.54, 1.807) is 73.8 Å². The number of oxazole rings is 2. The summed E-state index contributed by atoms with van der Waals surface area (Å²) in [5, 5.41) is 11.8. The number of carbonyl (C=O) groups excluding carboxylic acids is 2. The molecule has 0 radical (unpaired) electrons. The fourth-order valence-corrected chi connectivity index (χ4v) is 6.59. The second-order valence-corrected chi connectivity index (χ2v) is 14.7. The van der Waals surface area contributed by atoms with Crippen molar-refractivity contribution in [3.63, 3.8) is 0 Å². The van der Waals surface area contributed by atoms with Gasteiger partial charge >= 0.3 is 0 Å². The van der Waals surface area contributed by atoms with E-state index in [-0.39, 0.29) is 11.5 Å². The highest BCUT2D eigenvalue weighted by Gasteiger charge is 2.18. The number of halogens is 1. The summed E-state index contributed by atoms with van der Waals surface area (Å²) in [7, 11) is 0. The number of hydrogen-bond donors (Lipinski definition) is 2. The van der Waals surface area contributed by atoms with E-state index in [0.29, 0.717) is 57.6 Å². The van der Waals surface area contributed by atoms with Gasteiger partial charge in [-0.2, -0.15) is 9.97 Å². The number of rotatable bonds is 7. The molecule has 0 unspecified atom stereocenters. The van der Waals surface area contributed by atoms with Crippen molar-refractivity contribution < 1.29 is 18.4 Å². The summed E-state index contributed by atoms with van der Waals surface area (Å²) in [5.41, 5.74) is 12.1. The van der Waals surface area contributed by atoms with Crippen molar-refractivity contribution >= 4 is 45.0 Å². The normalized spacial score (nSPS) is 10.8. The maximum absolute atomic E-state index is 12.5. The molecule has 0 saturated carbocycles. The molecule has 0 bridgehead atoms. The number of benzene rings is 2. The van der Waals surface area contributed by atoms with E-state index in [1.165, 1.54) is 0 Å². The lowest BCUT2D eigenvalue weighted by molar-refractivity contribution is 0.0969. The van der Waals surface area contributed by atoms with Gasteiger partial charge in [-0.1, -0.05) is 60.7 Å². The number of aromatic nitrogens is 12. The zero-order valence-corrected chi connectivity index (χ0v) is 35.6. The predicted octanol–water partition coefficient (Wildman–Crippen LogP) is 7.72. The Labute approximate surface area is 366 Å². The van der Waals surface area contributed by atoms with E-state index < -0.39 is 11.8 Å². The average molecular weight is 904 g/mol. The van der Waals surface area contributed by atoms with Gasteiger partial charge in [0.25, 0.3) is 23.4 Å². The lowest BCUT2D eigenvalue weighted by atomic mass is 10.1. The largest absolute Gasteiger partial charge is 0.436 e. The first-order valence-corrected chi connectivity index (χ1v) is 19.9. The van der Waals surface area contributed by atoms with Gasteiger partial charge in [0.1, 0.15) is 0 Å². The van der Waals surface area contributed by atoms with Gasteiger partial charge < -0.3 is 19.9 Å². The van der Waals surface area contributed by atoms with Gasteiger partial charge in [0.05, 0.1) is 23.3 Å². The summed E-state index contributed by atoms with van der Waals surface area (Å²) in [4.78, 5) is 57.0. The van der Waals surface area contributed by atoms with Crippen LogP contribution in [0, 0.1) is 27.7 Å². The molecule has 8 aromatic heterocycles. The summed E-state index contributed by atoms with van der Waals surface area (Å²) in [6, 6.07) is 23.7.